The van der Waals surface area contributed by atoms with Crippen LogP contribution in [0.5, 0.6) is 0 Å². The Labute approximate surface area is 251 Å². The van der Waals surface area contributed by atoms with Crippen molar-refractivity contribution in [3.8, 4) is 0 Å². The molecule has 2 unspecified atom stereocenters. The van der Waals surface area contributed by atoms with Gasteiger partial charge in [0.15, 0.2) is 22.8 Å². The average molecular weight is 657 g/mol. The van der Waals surface area contributed by atoms with Gasteiger partial charge in [0, 0.05) is 11.2 Å². The highest BCUT2D eigenvalue weighted by Gasteiger charge is 2.58. The highest BCUT2D eigenvalue weighted by atomic mass is 35.5. The van der Waals surface area contributed by atoms with E-state index in [1.54, 1.807) is 34.6 Å². The molecule has 3 rings (SSSR count). The second kappa shape index (κ2) is 13.4. The van der Waals surface area contributed by atoms with E-state index in [9.17, 15) is 14.7 Å². The predicted octanol–water partition coefficient (Wildman–Crippen LogP) is 3.06. The molecule has 2 aromatic rings. The number of fused-ring (bicyclic) bond motifs is 1. The Hall–Kier alpha value is -1.49. The fraction of sp³-hybridized carbons (Fsp3) is 0.696. The zero-order valence-corrected chi connectivity index (χ0v) is 26.7. The van der Waals surface area contributed by atoms with Gasteiger partial charge in [-0.05, 0) is 32.6 Å². The summed E-state index contributed by atoms with van der Waals surface area (Å²) in [6, 6.07) is -0.926. The number of aromatic nitrogens is 4. The van der Waals surface area contributed by atoms with E-state index in [4.69, 9.17) is 47.7 Å². The van der Waals surface area contributed by atoms with Crippen LogP contribution >= 0.6 is 30.0 Å². The van der Waals surface area contributed by atoms with Gasteiger partial charge in [0.05, 0.1) is 25.6 Å². The lowest BCUT2D eigenvalue weighted by Gasteiger charge is -2.28. The summed E-state index contributed by atoms with van der Waals surface area (Å²) in [5.74, 6) is -0.251. The molecule has 0 saturated carbocycles. The number of hydrogen-bond acceptors (Lipinski definition) is 13. The maximum atomic E-state index is 15.6. The minimum Gasteiger partial charge on any atom is -0.462 e. The molecule has 13 nitrogen and oxygen atoms in total. The molecule has 1 fully saturated rings. The van der Waals surface area contributed by atoms with Gasteiger partial charge >= 0.3 is 5.97 Å². The zero-order chi connectivity index (χ0) is 30.8. The van der Waals surface area contributed by atoms with Crippen molar-refractivity contribution in [1.29, 1.82) is 0 Å². The second-order valence-electron chi connectivity index (χ2n) is 10.6. The lowest BCUT2D eigenvalue weighted by Crippen LogP contribution is -2.39. The van der Waals surface area contributed by atoms with Gasteiger partial charge in [0.25, 0.3) is 11.8 Å². The molecule has 1 saturated heterocycles. The van der Waals surface area contributed by atoms with Crippen molar-refractivity contribution in [2.45, 2.75) is 77.3 Å². The highest BCUT2D eigenvalue weighted by molar-refractivity contribution is 8.13. The molecule has 0 spiro atoms. The first-order chi connectivity index (χ1) is 19.0. The first kappa shape index (κ1) is 34.0. The van der Waals surface area contributed by atoms with Crippen LogP contribution in [0.15, 0.2) is 12.7 Å². The normalized spacial score (nSPS) is 25.4. The first-order valence-corrected chi connectivity index (χ1v) is 16.7. The molecule has 0 radical (unpaired) electrons. The van der Waals surface area contributed by atoms with Crippen LogP contribution in [0.3, 0.4) is 0 Å². The van der Waals surface area contributed by atoms with E-state index < -0.39 is 54.2 Å². The summed E-state index contributed by atoms with van der Waals surface area (Å²) in [6.07, 6.45) is -2.70. The number of rotatable bonds is 12. The number of thioether (sulfide) groups is 1. The fourth-order valence-corrected chi connectivity index (χ4v) is 7.13. The highest BCUT2D eigenvalue weighted by Crippen LogP contribution is 2.49. The molecule has 1 aliphatic rings. The van der Waals surface area contributed by atoms with Crippen molar-refractivity contribution in [2.75, 3.05) is 24.7 Å². The van der Waals surface area contributed by atoms with Gasteiger partial charge < -0.3 is 29.4 Å². The Morgan fingerprint density at radius 2 is 2.02 bits per heavy atom. The van der Waals surface area contributed by atoms with Crippen molar-refractivity contribution < 1.29 is 37.6 Å². The number of esters is 1. The number of ether oxygens (including phenoxy) is 2. The molecular formula is C23H35ClFN6O7PS2. The van der Waals surface area contributed by atoms with Gasteiger partial charge in [0.2, 0.25) is 0 Å². The molecule has 0 amide bonds. The standard InChI is InChI=1S/C23H35ClFN6O7PS2/c1-12(2)37-19(33)13(3)30-39(40,35-7-8-41-21(34)22(4,5)6)36-9-14-16(32)23(24,25)20(38-14)31-11-29-15-17(26)27-10-28-18(15)31/h10-14,16,20,32H,7-9H2,1-6H3,(H,30,40)(H2,26,27,28)/t13?,14-,16-,20-,23+,39?/m1/s1. The van der Waals surface area contributed by atoms with Crippen LogP contribution in [0.1, 0.15) is 47.8 Å². The minimum absolute atomic E-state index is 0.00409. The van der Waals surface area contributed by atoms with E-state index in [1.165, 1.54) is 24.1 Å². The number of aliphatic hydroxyl groups is 1. The lowest BCUT2D eigenvalue weighted by atomic mass is 10.00. The third kappa shape index (κ3) is 8.33. The van der Waals surface area contributed by atoms with Crippen LogP contribution < -0.4 is 10.8 Å². The van der Waals surface area contributed by atoms with Crippen molar-refractivity contribution in [2.24, 2.45) is 5.41 Å². The number of anilines is 1. The number of nitrogens with two attached hydrogens (primary N) is 1. The number of aliphatic hydroxyl groups excluding tert-OH is 1. The largest absolute Gasteiger partial charge is 0.462 e. The lowest BCUT2D eigenvalue weighted by molar-refractivity contribution is -0.149. The van der Waals surface area contributed by atoms with E-state index >= 15 is 4.39 Å². The Bertz CT molecular complexity index is 1300. The Morgan fingerprint density at radius 3 is 2.66 bits per heavy atom. The average Bonchev–Trinajstić information content (AvgIpc) is 3.38. The molecule has 0 bridgehead atoms. The quantitative estimate of drug-likeness (QED) is 0.132. The molecule has 2 aromatic heterocycles. The molecule has 41 heavy (non-hydrogen) atoms. The molecule has 0 aromatic carbocycles. The van der Waals surface area contributed by atoms with Crippen LogP contribution in [0.25, 0.3) is 11.2 Å². The minimum atomic E-state index is -3.47. The molecule has 3 heterocycles. The summed E-state index contributed by atoms with van der Waals surface area (Å²) in [5, 5.41) is 10.7. The number of imidazole rings is 1. The number of nitrogens with zero attached hydrogens (tertiary/aromatic N) is 4. The number of nitrogen functional groups attached to an aromatic ring is 1. The maximum Gasteiger partial charge on any atom is 0.323 e. The monoisotopic (exact) mass is 656 g/mol. The van der Waals surface area contributed by atoms with E-state index in [0.717, 1.165) is 11.8 Å². The number of halogens is 2. The summed E-state index contributed by atoms with van der Waals surface area (Å²) >= 11 is 12.8. The molecule has 1 aliphatic heterocycles. The maximum absolute atomic E-state index is 15.6. The summed E-state index contributed by atoms with van der Waals surface area (Å²) in [5.41, 5.74) is 5.63. The Balaban J connectivity index is 1.74. The molecule has 4 N–H and O–H groups in total. The van der Waals surface area contributed by atoms with Gasteiger partial charge in [-0.3, -0.25) is 14.2 Å². The molecule has 18 heteroatoms. The van der Waals surface area contributed by atoms with Gasteiger partial charge in [-0.15, -0.1) is 0 Å². The predicted molar refractivity (Wildman–Crippen MR) is 156 cm³/mol. The smallest absolute Gasteiger partial charge is 0.323 e. The van der Waals surface area contributed by atoms with Crippen molar-refractivity contribution in [3.63, 3.8) is 0 Å². The summed E-state index contributed by atoms with van der Waals surface area (Å²) in [7, 11) is 0. The third-order valence-electron chi connectivity index (χ3n) is 5.68. The van der Waals surface area contributed by atoms with Crippen LogP contribution in [-0.2, 0) is 39.9 Å². The molecule has 6 atom stereocenters. The van der Waals surface area contributed by atoms with E-state index in [1.807, 2.05) is 0 Å². The number of alkyl halides is 2. The number of nitrogens with one attached hydrogen (secondary N) is 1. The topological polar surface area (TPSA) is 173 Å². The number of carbonyl (C=O) groups excluding carboxylic acids is 2. The molecule has 230 valence electrons. The first-order valence-electron chi connectivity index (χ1n) is 12.6. The fourth-order valence-electron chi connectivity index (χ4n) is 3.56. The van der Waals surface area contributed by atoms with Gasteiger partial charge in [0.1, 0.15) is 30.1 Å². The SMILES string of the molecule is CC(C)OC(=O)C(C)NP(=S)(OCCSC(=O)C(C)(C)C)OC[C@H]1O[C@@H](n2cnc3c(N)ncnc32)[C@](F)(Cl)[C@@H]1O. The van der Waals surface area contributed by atoms with Gasteiger partial charge in [-0.2, -0.15) is 0 Å². The molecular weight excluding hydrogens is 622 g/mol. The van der Waals surface area contributed by atoms with Gasteiger partial charge in [-0.25, -0.2) is 24.4 Å². The van der Waals surface area contributed by atoms with Gasteiger partial charge in [-0.1, -0.05) is 44.1 Å². The summed E-state index contributed by atoms with van der Waals surface area (Å²) in [4.78, 5) is 36.7. The Morgan fingerprint density at radius 1 is 1.34 bits per heavy atom. The molecule has 0 aliphatic carbocycles. The van der Waals surface area contributed by atoms with Crippen LogP contribution in [0, 0.1) is 5.41 Å². The van der Waals surface area contributed by atoms with Crippen LogP contribution in [0.2, 0.25) is 0 Å². The van der Waals surface area contributed by atoms with Crippen molar-refractivity contribution in [3.05, 3.63) is 12.7 Å². The summed E-state index contributed by atoms with van der Waals surface area (Å²) < 4.78 is 39.5. The van der Waals surface area contributed by atoms with E-state index in [0.29, 0.717) is 0 Å². The van der Waals surface area contributed by atoms with Crippen LogP contribution in [0.4, 0.5) is 10.2 Å². The number of hydrogen-bond donors (Lipinski definition) is 3. The second-order valence-corrected chi connectivity index (χ2v) is 15.4. The third-order valence-corrected chi connectivity index (χ3v) is 9.99. The zero-order valence-electron chi connectivity index (χ0n) is 23.4. The van der Waals surface area contributed by atoms with Crippen molar-refractivity contribution in [1.82, 2.24) is 24.6 Å². The van der Waals surface area contributed by atoms with E-state index in [2.05, 4.69) is 20.0 Å². The van der Waals surface area contributed by atoms with E-state index in [-0.39, 0.29) is 40.6 Å². The summed E-state index contributed by atoms with van der Waals surface area (Å²) in [6.45, 7) is 6.41. The Kier molecular flexibility index (Phi) is 11.1. The van der Waals surface area contributed by atoms with Crippen LogP contribution in [-0.4, -0.2) is 84.2 Å². The number of carbonyl (C=O) groups is 2. The van der Waals surface area contributed by atoms with Crippen molar-refractivity contribution >= 4 is 69.9 Å².